The van der Waals surface area contributed by atoms with Crippen LogP contribution in [0.4, 0.5) is 10.5 Å². The van der Waals surface area contributed by atoms with Gasteiger partial charge in [-0.3, -0.25) is 19.8 Å². The van der Waals surface area contributed by atoms with Crippen LogP contribution in [-0.4, -0.2) is 28.8 Å². The zero-order valence-corrected chi connectivity index (χ0v) is 18.3. The molecule has 0 spiro atoms. The van der Waals surface area contributed by atoms with Crippen LogP contribution in [-0.2, 0) is 22.7 Å². The molecule has 1 saturated heterocycles. The number of amides is 4. The van der Waals surface area contributed by atoms with Gasteiger partial charge in [0.15, 0.2) is 0 Å². The molecule has 1 N–H and O–H groups in total. The van der Waals surface area contributed by atoms with Crippen molar-refractivity contribution < 1.29 is 14.4 Å². The molecule has 2 fully saturated rings. The molecule has 2 aromatic rings. The van der Waals surface area contributed by atoms with Crippen molar-refractivity contribution in [3.05, 3.63) is 70.3 Å². The van der Waals surface area contributed by atoms with Crippen molar-refractivity contribution in [2.75, 3.05) is 4.90 Å². The average molecular weight is 430 g/mol. The third-order valence-electron chi connectivity index (χ3n) is 6.83. The van der Waals surface area contributed by atoms with Gasteiger partial charge in [-0.05, 0) is 60.2 Å². The Morgan fingerprint density at radius 2 is 1.62 bits per heavy atom. The zero-order chi connectivity index (χ0) is 22.2. The summed E-state index contributed by atoms with van der Waals surface area (Å²) in [6, 6.07) is 13.8. The van der Waals surface area contributed by atoms with Gasteiger partial charge in [-0.2, -0.15) is 0 Å². The first kappa shape index (κ1) is 20.5. The van der Waals surface area contributed by atoms with Gasteiger partial charge in [0, 0.05) is 24.8 Å². The van der Waals surface area contributed by atoms with Gasteiger partial charge in [0.25, 0.3) is 11.8 Å². The zero-order valence-electron chi connectivity index (χ0n) is 18.3. The summed E-state index contributed by atoms with van der Waals surface area (Å²) in [5.74, 6) is -1.10. The van der Waals surface area contributed by atoms with E-state index >= 15 is 0 Å². The fourth-order valence-electron chi connectivity index (χ4n) is 5.03. The largest absolute Gasteiger partial charge is 0.363 e. The molecule has 164 valence electrons. The van der Waals surface area contributed by atoms with E-state index in [2.05, 4.69) is 40.5 Å². The summed E-state index contributed by atoms with van der Waals surface area (Å²) in [7, 11) is 0. The molecule has 1 saturated carbocycles. The predicted molar refractivity (Wildman–Crippen MR) is 123 cm³/mol. The lowest BCUT2D eigenvalue weighted by Gasteiger charge is -2.35. The van der Waals surface area contributed by atoms with Crippen LogP contribution in [0.15, 0.2) is 48.0 Å². The van der Waals surface area contributed by atoms with Crippen molar-refractivity contribution >= 4 is 29.6 Å². The number of carbonyl (C=O) groups is 3. The van der Waals surface area contributed by atoms with Gasteiger partial charge < -0.3 is 4.90 Å². The highest BCUT2D eigenvalue weighted by Gasteiger charge is 2.40. The molecule has 2 aliphatic heterocycles. The molecule has 2 heterocycles. The minimum Gasteiger partial charge on any atom is -0.363 e. The van der Waals surface area contributed by atoms with Gasteiger partial charge in [-0.1, -0.05) is 49.6 Å². The lowest BCUT2D eigenvalue weighted by atomic mass is 9.93. The van der Waals surface area contributed by atoms with Crippen molar-refractivity contribution in [2.45, 2.75) is 58.2 Å². The molecule has 6 heteroatoms. The number of aryl methyl sites for hydroxylation is 1. The molecule has 3 aliphatic rings. The second-order valence-electron chi connectivity index (χ2n) is 8.95. The van der Waals surface area contributed by atoms with Crippen LogP contribution in [0.5, 0.6) is 0 Å². The van der Waals surface area contributed by atoms with Gasteiger partial charge in [-0.25, -0.2) is 4.79 Å². The van der Waals surface area contributed by atoms with Crippen LogP contribution in [0, 0.1) is 6.92 Å². The Hall–Kier alpha value is -3.41. The molecule has 32 heavy (non-hydrogen) atoms. The number of nitrogens with one attached hydrogen (secondary N) is 1. The molecule has 0 bridgehead atoms. The number of anilines is 1. The molecule has 4 amide bonds. The predicted octanol–water partition coefficient (Wildman–Crippen LogP) is 4.31. The van der Waals surface area contributed by atoms with Crippen LogP contribution < -0.4 is 10.2 Å². The first-order valence-corrected chi connectivity index (χ1v) is 11.3. The summed E-state index contributed by atoms with van der Waals surface area (Å²) in [6.07, 6.45) is 6.33. The fourth-order valence-corrected chi connectivity index (χ4v) is 5.03. The standard InChI is InChI=1S/C26H27N3O3/c1-17-13-22(28-15-19-7-5-6-8-20(19)16-28)12-11-18(17)14-23-24(30)27-26(32)29(25(23)31)21-9-3-2-4-10-21/h5-8,11-14,21H,2-4,9-10,15-16H2,1H3,(H,27,30,32)/b23-14+. The highest BCUT2D eigenvalue weighted by molar-refractivity contribution is 6.31. The molecule has 0 radical (unpaired) electrons. The maximum Gasteiger partial charge on any atom is 0.331 e. The van der Waals surface area contributed by atoms with Gasteiger partial charge in [0.1, 0.15) is 5.57 Å². The second-order valence-corrected chi connectivity index (χ2v) is 8.95. The highest BCUT2D eigenvalue weighted by atomic mass is 16.2. The molecule has 2 aromatic carbocycles. The van der Waals surface area contributed by atoms with Crippen molar-refractivity contribution in [1.82, 2.24) is 10.2 Å². The first-order chi connectivity index (χ1) is 15.5. The summed E-state index contributed by atoms with van der Waals surface area (Å²) in [5, 5.41) is 2.36. The molecule has 5 rings (SSSR count). The number of imide groups is 2. The monoisotopic (exact) mass is 429 g/mol. The van der Waals surface area contributed by atoms with E-state index in [1.807, 2.05) is 19.1 Å². The van der Waals surface area contributed by atoms with E-state index in [1.54, 1.807) is 6.08 Å². The molecule has 0 unspecified atom stereocenters. The van der Waals surface area contributed by atoms with E-state index in [0.29, 0.717) is 0 Å². The fraction of sp³-hybridized carbons (Fsp3) is 0.346. The molecular formula is C26H27N3O3. The summed E-state index contributed by atoms with van der Waals surface area (Å²) in [4.78, 5) is 41.6. The number of rotatable bonds is 3. The number of urea groups is 1. The minimum atomic E-state index is -0.620. The Morgan fingerprint density at radius 3 is 2.28 bits per heavy atom. The maximum absolute atomic E-state index is 13.1. The Morgan fingerprint density at radius 1 is 0.938 bits per heavy atom. The number of fused-ring (bicyclic) bond motifs is 1. The highest BCUT2D eigenvalue weighted by Crippen LogP contribution is 2.31. The number of benzene rings is 2. The number of hydrogen-bond donors (Lipinski definition) is 1. The van der Waals surface area contributed by atoms with Gasteiger partial charge >= 0.3 is 6.03 Å². The van der Waals surface area contributed by atoms with Gasteiger partial charge in [0.05, 0.1) is 0 Å². The quantitative estimate of drug-likeness (QED) is 0.583. The van der Waals surface area contributed by atoms with Crippen molar-refractivity contribution in [3.63, 3.8) is 0 Å². The van der Waals surface area contributed by atoms with E-state index in [0.717, 1.165) is 62.0 Å². The third kappa shape index (κ3) is 3.70. The summed E-state index contributed by atoms with van der Waals surface area (Å²) in [5.41, 5.74) is 5.61. The number of nitrogens with zero attached hydrogens (tertiary/aromatic N) is 2. The summed E-state index contributed by atoms with van der Waals surface area (Å²) in [6.45, 7) is 3.72. The van der Waals surface area contributed by atoms with Crippen LogP contribution in [0.1, 0.15) is 54.4 Å². The van der Waals surface area contributed by atoms with Crippen molar-refractivity contribution in [3.8, 4) is 0 Å². The van der Waals surface area contributed by atoms with Crippen LogP contribution in [0.3, 0.4) is 0 Å². The van der Waals surface area contributed by atoms with Gasteiger partial charge in [0.2, 0.25) is 0 Å². The number of hydrogen-bond acceptors (Lipinski definition) is 4. The van der Waals surface area contributed by atoms with Gasteiger partial charge in [-0.15, -0.1) is 0 Å². The van der Waals surface area contributed by atoms with E-state index in [4.69, 9.17) is 0 Å². The van der Waals surface area contributed by atoms with E-state index < -0.39 is 17.8 Å². The van der Waals surface area contributed by atoms with Crippen molar-refractivity contribution in [1.29, 1.82) is 0 Å². The van der Waals surface area contributed by atoms with Crippen LogP contribution in [0.25, 0.3) is 6.08 Å². The second kappa shape index (κ2) is 8.26. The Balaban J connectivity index is 1.39. The average Bonchev–Trinajstić information content (AvgIpc) is 3.22. The molecule has 1 aliphatic carbocycles. The molecule has 0 atom stereocenters. The smallest absolute Gasteiger partial charge is 0.331 e. The Bertz CT molecular complexity index is 1110. The van der Waals surface area contributed by atoms with E-state index in [1.165, 1.54) is 16.0 Å². The topological polar surface area (TPSA) is 69.7 Å². The molecular weight excluding hydrogens is 402 g/mol. The van der Waals surface area contributed by atoms with Crippen molar-refractivity contribution in [2.24, 2.45) is 0 Å². The van der Waals surface area contributed by atoms with E-state index in [-0.39, 0.29) is 11.6 Å². The minimum absolute atomic E-state index is 0.0274. The Kier molecular flexibility index (Phi) is 5.29. The lowest BCUT2D eigenvalue weighted by molar-refractivity contribution is -0.132. The third-order valence-corrected chi connectivity index (χ3v) is 6.83. The first-order valence-electron chi connectivity index (χ1n) is 11.3. The van der Waals surface area contributed by atoms with E-state index in [9.17, 15) is 14.4 Å². The molecule has 0 aromatic heterocycles. The normalized spacial score (nSPS) is 20.7. The molecule has 6 nitrogen and oxygen atoms in total. The summed E-state index contributed by atoms with van der Waals surface area (Å²) < 4.78 is 0. The summed E-state index contributed by atoms with van der Waals surface area (Å²) >= 11 is 0. The number of carbonyl (C=O) groups excluding carboxylic acids is 3. The Labute approximate surface area is 187 Å². The number of barbiturate groups is 1. The van der Waals surface area contributed by atoms with Crippen LogP contribution >= 0.6 is 0 Å². The SMILES string of the molecule is Cc1cc(N2Cc3ccccc3C2)ccc1/C=C1\C(=O)NC(=O)N(C2CCCCC2)C1=O. The van der Waals surface area contributed by atoms with Crippen LogP contribution in [0.2, 0.25) is 0 Å². The maximum atomic E-state index is 13.1. The lowest BCUT2D eigenvalue weighted by Crippen LogP contribution is -2.58.